The van der Waals surface area contributed by atoms with Gasteiger partial charge in [-0.2, -0.15) is 0 Å². The van der Waals surface area contributed by atoms with Crippen molar-refractivity contribution in [3.05, 3.63) is 35.1 Å². The number of nitrogens with zero attached hydrogens (tertiary/aromatic N) is 1. The van der Waals surface area contributed by atoms with Crippen LogP contribution < -0.4 is 0 Å². The molecule has 1 rings (SSSR count). The molecule has 0 aliphatic heterocycles. The third-order valence-electron chi connectivity index (χ3n) is 1.89. The maximum Gasteiger partial charge on any atom is 0.132 e. The Morgan fingerprint density at radius 1 is 1.41 bits per heavy atom. The molecule has 1 aromatic rings. The van der Waals surface area contributed by atoms with E-state index in [9.17, 15) is 4.39 Å². The van der Waals surface area contributed by atoms with Crippen LogP contribution in [0.2, 0.25) is 0 Å². The molecule has 0 aromatic heterocycles. The van der Waals surface area contributed by atoms with E-state index in [1.807, 2.05) is 0 Å². The van der Waals surface area contributed by atoms with Gasteiger partial charge in [0.1, 0.15) is 5.82 Å². The number of halogens is 1. The first-order valence-corrected chi connectivity index (χ1v) is 6.18. The first kappa shape index (κ1) is 14.2. The summed E-state index contributed by atoms with van der Waals surface area (Å²) >= 11 is 1.43. The molecule has 17 heavy (non-hydrogen) atoms. The Labute approximate surface area is 106 Å². The van der Waals surface area contributed by atoms with Crippen LogP contribution in [0.25, 0.3) is 0 Å². The van der Waals surface area contributed by atoms with Gasteiger partial charge in [0.2, 0.25) is 0 Å². The Morgan fingerprint density at radius 3 is 2.71 bits per heavy atom. The third-order valence-corrected chi connectivity index (χ3v) is 2.65. The van der Waals surface area contributed by atoms with Crippen LogP contribution in [0.5, 0.6) is 0 Å². The summed E-state index contributed by atoms with van der Waals surface area (Å²) in [5.74, 6) is -0.261. The second-order valence-corrected chi connectivity index (χ2v) is 6.35. The molecule has 0 bridgehead atoms. The van der Waals surface area contributed by atoms with Crippen molar-refractivity contribution in [3.63, 3.8) is 0 Å². The summed E-state index contributed by atoms with van der Waals surface area (Å²) in [5, 5.41) is 0. The van der Waals surface area contributed by atoms with E-state index >= 15 is 0 Å². The van der Waals surface area contributed by atoms with Gasteiger partial charge in [0.05, 0.1) is 6.61 Å². The van der Waals surface area contributed by atoms with Gasteiger partial charge in [-0.3, -0.25) is 0 Å². The van der Waals surface area contributed by atoms with Crippen LogP contribution in [-0.4, -0.2) is 18.1 Å². The van der Waals surface area contributed by atoms with E-state index < -0.39 is 0 Å². The molecule has 0 N–H and O–H groups in total. The second kappa shape index (κ2) is 6.17. The topological polar surface area (TPSA) is 21.6 Å². The number of methoxy groups -OCH3 is 1. The van der Waals surface area contributed by atoms with Crippen molar-refractivity contribution in [1.82, 2.24) is 0 Å². The number of hydrogen-bond acceptors (Lipinski definition) is 3. The molecule has 0 fully saturated rings. The zero-order valence-electron chi connectivity index (χ0n) is 10.7. The maximum atomic E-state index is 13.5. The largest absolute Gasteiger partial charge is 0.380 e. The number of benzene rings is 1. The first-order chi connectivity index (χ1) is 7.92. The fourth-order valence-electron chi connectivity index (χ4n) is 1.19. The minimum atomic E-state index is -0.261. The minimum absolute atomic E-state index is 0.0388. The summed E-state index contributed by atoms with van der Waals surface area (Å²) in [4.78, 5) is 0. The lowest BCUT2D eigenvalue weighted by molar-refractivity contribution is 0.185. The lowest BCUT2D eigenvalue weighted by Gasteiger charge is -2.12. The Hall–Kier alpha value is -0.870. The van der Waals surface area contributed by atoms with E-state index in [4.69, 9.17) is 4.74 Å². The summed E-state index contributed by atoms with van der Waals surface area (Å²) < 4.78 is 22.7. The molecule has 0 saturated heterocycles. The van der Waals surface area contributed by atoms with Crippen LogP contribution in [0.3, 0.4) is 0 Å². The molecular formula is C13H18FNOS. The smallest absolute Gasteiger partial charge is 0.132 e. The zero-order valence-corrected chi connectivity index (χ0v) is 11.5. The van der Waals surface area contributed by atoms with Gasteiger partial charge < -0.3 is 4.74 Å². The Bertz CT molecular complexity index is 399. The maximum absolute atomic E-state index is 13.5. The molecule has 0 atom stereocenters. The molecular weight excluding hydrogens is 237 g/mol. The Balaban J connectivity index is 2.79. The predicted molar refractivity (Wildman–Crippen MR) is 72.1 cm³/mol. The molecule has 94 valence electrons. The summed E-state index contributed by atoms with van der Waals surface area (Å²) in [5.41, 5.74) is 1.44. The van der Waals surface area contributed by atoms with E-state index in [0.717, 1.165) is 5.56 Å². The van der Waals surface area contributed by atoms with Crippen molar-refractivity contribution in [1.29, 1.82) is 0 Å². The van der Waals surface area contributed by atoms with Crippen molar-refractivity contribution in [2.75, 3.05) is 7.11 Å². The van der Waals surface area contributed by atoms with Crippen molar-refractivity contribution in [2.45, 2.75) is 32.1 Å². The number of hydrogen-bond donors (Lipinski definition) is 0. The number of ether oxygens (including phenoxy) is 1. The Kier molecular flexibility index (Phi) is 5.15. The summed E-state index contributed by atoms with van der Waals surface area (Å²) in [6.07, 6.45) is 1.56. The lowest BCUT2D eigenvalue weighted by Crippen LogP contribution is -2.05. The molecule has 0 saturated carbocycles. The fourth-order valence-corrected chi connectivity index (χ4v) is 1.67. The quantitative estimate of drug-likeness (QED) is 0.602. The highest BCUT2D eigenvalue weighted by atomic mass is 32.2. The van der Waals surface area contributed by atoms with Crippen molar-refractivity contribution >= 4 is 18.2 Å². The van der Waals surface area contributed by atoms with E-state index in [1.54, 1.807) is 25.5 Å². The molecule has 0 unspecified atom stereocenters. The highest BCUT2D eigenvalue weighted by molar-refractivity contribution is 7.99. The van der Waals surface area contributed by atoms with E-state index in [0.29, 0.717) is 12.2 Å². The molecule has 1 aromatic carbocycles. The van der Waals surface area contributed by atoms with Gasteiger partial charge in [0.15, 0.2) is 0 Å². The zero-order chi connectivity index (χ0) is 12.9. The van der Waals surface area contributed by atoms with Gasteiger partial charge in [-0.25, -0.2) is 8.79 Å². The van der Waals surface area contributed by atoms with Gasteiger partial charge in [0.25, 0.3) is 0 Å². The average Bonchev–Trinajstić information content (AvgIpc) is 2.21. The van der Waals surface area contributed by atoms with Gasteiger partial charge in [-0.1, -0.05) is 6.07 Å². The van der Waals surface area contributed by atoms with Crippen molar-refractivity contribution in [3.8, 4) is 0 Å². The van der Waals surface area contributed by atoms with E-state index in [1.165, 1.54) is 18.0 Å². The summed E-state index contributed by atoms with van der Waals surface area (Å²) in [6.45, 7) is 6.67. The van der Waals surface area contributed by atoms with Crippen LogP contribution in [0.15, 0.2) is 22.6 Å². The van der Waals surface area contributed by atoms with Gasteiger partial charge in [-0.05, 0) is 50.4 Å². The monoisotopic (exact) mass is 255 g/mol. The summed E-state index contributed by atoms with van der Waals surface area (Å²) in [7, 11) is 1.62. The van der Waals surface area contributed by atoms with Crippen LogP contribution in [0.4, 0.5) is 4.39 Å². The fraction of sp³-hybridized carbons (Fsp3) is 0.462. The molecule has 2 nitrogen and oxygen atoms in total. The molecule has 0 heterocycles. The third kappa shape index (κ3) is 5.33. The molecule has 0 aliphatic rings. The van der Waals surface area contributed by atoms with Crippen molar-refractivity contribution in [2.24, 2.45) is 4.40 Å². The normalized spacial score (nSPS) is 12.3. The predicted octanol–water partition coefficient (Wildman–Crippen LogP) is 3.84. The van der Waals surface area contributed by atoms with Crippen LogP contribution in [0.1, 0.15) is 31.9 Å². The molecule has 4 heteroatoms. The van der Waals surface area contributed by atoms with Crippen LogP contribution in [-0.2, 0) is 11.3 Å². The van der Waals surface area contributed by atoms with Gasteiger partial charge >= 0.3 is 0 Å². The highest BCUT2D eigenvalue weighted by Crippen LogP contribution is 2.24. The standard InChI is InChI=1S/C13H18FNOS/c1-13(2,3)17-15-8-11-7-10(9-16-4)5-6-12(11)14/h5-8H,9H2,1-4H3. The first-order valence-electron chi connectivity index (χ1n) is 5.41. The van der Waals surface area contributed by atoms with Crippen LogP contribution in [0, 0.1) is 5.82 Å². The molecule has 0 radical (unpaired) electrons. The van der Waals surface area contributed by atoms with Crippen molar-refractivity contribution < 1.29 is 9.13 Å². The number of rotatable bonds is 4. The average molecular weight is 255 g/mol. The van der Waals surface area contributed by atoms with Gasteiger partial charge in [-0.15, -0.1) is 0 Å². The lowest BCUT2D eigenvalue weighted by atomic mass is 10.1. The SMILES string of the molecule is COCc1ccc(F)c(C=NSC(C)(C)C)c1. The van der Waals surface area contributed by atoms with E-state index in [-0.39, 0.29) is 10.6 Å². The highest BCUT2D eigenvalue weighted by Gasteiger charge is 2.09. The van der Waals surface area contributed by atoms with Gasteiger partial charge in [0, 0.05) is 23.6 Å². The molecule has 0 spiro atoms. The molecule has 0 amide bonds. The second-order valence-electron chi connectivity index (χ2n) is 4.73. The van der Waals surface area contributed by atoms with E-state index in [2.05, 4.69) is 25.2 Å². The van der Waals surface area contributed by atoms with Crippen LogP contribution >= 0.6 is 11.9 Å². The minimum Gasteiger partial charge on any atom is -0.380 e. The molecule has 0 aliphatic carbocycles. The summed E-state index contributed by atoms with van der Waals surface area (Å²) in [6, 6.07) is 4.91. The Morgan fingerprint density at radius 2 is 2.12 bits per heavy atom.